The van der Waals surface area contributed by atoms with Crippen molar-refractivity contribution < 1.29 is 4.21 Å². The first-order valence-corrected chi connectivity index (χ1v) is 11.0. The molecule has 0 heterocycles. The van der Waals surface area contributed by atoms with Gasteiger partial charge in [-0.1, -0.05) is 43.2 Å². The second-order valence-electron chi connectivity index (χ2n) is 6.80. The third-order valence-corrected chi connectivity index (χ3v) is 6.46. The molecule has 1 aliphatic rings. The summed E-state index contributed by atoms with van der Waals surface area (Å²) in [5.74, 6) is 1.66. The molecule has 1 aromatic rings. The lowest BCUT2D eigenvalue weighted by atomic mass is 9.95. The number of benzene rings is 1. The summed E-state index contributed by atoms with van der Waals surface area (Å²) in [6.07, 6.45) is 5.32. The van der Waals surface area contributed by atoms with E-state index in [1.165, 1.54) is 11.1 Å². The first-order valence-electron chi connectivity index (χ1n) is 9.60. The van der Waals surface area contributed by atoms with Crippen LogP contribution in [-0.2, 0) is 17.2 Å². The number of halogens is 1. The van der Waals surface area contributed by atoms with Gasteiger partial charge < -0.3 is 10.6 Å². The molecular weight excluding hydrogens is 457 g/mol. The fourth-order valence-electron chi connectivity index (χ4n) is 3.43. The molecule has 0 spiro atoms. The molecule has 0 bridgehead atoms. The fourth-order valence-corrected chi connectivity index (χ4v) is 4.78. The molecule has 1 fully saturated rings. The second kappa shape index (κ2) is 12.7. The van der Waals surface area contributed by atoms with Gasteiger partial charge in [-0.2, -0.15) is 0 Å². The molecule has 3 atom stereocenters. The minimum absolute atomic E-state index is 0. The minimum atomic E-state index is -0.686. The van der Waals surface area contributed by atoms with Gasteiger partial charge in [-0.05, 0) is 45.1 Å². The highest BCUT2D eigenvalue weighted by Gasteiger charge is 2.25. The van der Waals surface area contributed by atoms with E-state index in [0.717, 1.165) is 56.9 Å². The highest BCUT2D eigenvalue weighted by molar-refractivity contribution is 14.0. The highest BCUT2D eigenvalue weighted by atomic mass is 127. The lowest BCUT2D eigenvalue weighted by Crippen LogP contribution is -2.46. The average Bonchev–Trinajstić information content (AvgIpc) is 2.61. The van der Waals surface area contributed by atoms with Crippen LogP contribution < -0.4 is 10.6 Å². The van der Waals surface area contributed by atoms with Crippen molar-refractivity contribution in [1.29, 1.82) is 0 Å². The van der Waals surface area contributed by atoms with Gasteiger partial charge in [0.25, 0.3) is 0 Å². The van der Waals surface area contributed by atoms with Crippen molar-refractivity contribution in [2.24, 2.45) is 4.99 Å². The van der Waals surface area contributed by atoms with Crippen LogP contribution in [0.15, 0.2) is 29.3 Å². The number of aliphatic imine (C=N–C) groups is 1. The summed E-state index contributed by atoms with van der Waals surface area (Å²) in [7, 11) is -0.686. The van der Waals surface area contributed by atoms with E-state index in [1.807, 2.05) is 6.92 Å². The summed E-state index contributed by atoms with van der Waals surface area (Å²) in [4.78, 5) is 4.74. The van der Waals surface area contributed by atoms with Crippen molar-refractivity contribution in [3.05, 3.63) is 35.4 Å². The number of nitrogens with zero attached hydrogens (tertiary/aromatic N) is 1. The maximum atomic E-state index is 12.1. The summed E-state index contributed by atoms with van der Waals surface area (Å²) < 4.78 is 12.1. The Morgan fingerprint density at radius 2 is 2.12 bits per heavy atom. The molecule has 0 aromatic heterocycles. The second-order valence-corrected chi connectivity index (χ2v) is 8.80. The fraction of sp³-hybridized carbons (Fsp3) is 0.650. The summed E-state index contributed by atoms with van der Waals surface area (Å²) in [6.45, 7) is 7.86. The normalized spacial score (nSPS) is 21.6. The number of aryl methyl sites for hydroxylation is 1. The summed E-state index contributed by atoms with van der Waals surface area (Å²) in [6, 6.07) is 8.99. The Balaban J connectivity index is 0.00000338. The molecule has 0 aliphatic heterocycles. The molecule has 1 aromatic carbocycles. The molecule has 1 aliphatic carbocycles. The highest BCUT2D eigenvalue weighted by Crippen LogP contribution is 2.23. The maximum Gasteiger partial charge on any atom is 0.191 e. The van der Waals surface area contributed by atoms with Crippen LogP contribution in [0.4, 0.5) is 0 Å². The molecule has 1 saturated carbocycles. The number of nitrogens with one attached hydrogen (secondary N) is 2. The van der Waals surface area contributed by atoms with Crippen LogP contribution in [0.2, 0.25) is 0 Å². The topological polar surface area (TPSA) is 53.5 Å². The lowest BCUT2D eigenvalue weighted by molar-refractivity contribution is 0.413. The zero-order chi connectivity index (χ0) is 18.1. The van der Waals surface area contributed by atoms with Crippen LogP contribution in [0, 0.1) is 6.92 Å². The number of hydrogen-bond acceptors (Lipinski definition) is 2. The summed E-state index contributed by atoms with van der Waals surface area (Å²) >= 11 is 0. The van der Waals surface area contributed by atoms with Crippen molar-refractivity contribution in [3.63, 3.8) is 0 Å². The van der Waals surface area contributed by atoms with E-state index in [-0.39, 0.29) is 24.0 Å². The third-order valence-electron chi connectivity index (χ3n) is 4.72. The molecule has 148 valence electrons. The maximum absolute atomic E-state index is 12.1. The average molecular weight is 491 g/mol. The third kappa shape index (κ3) is 7.94. The van der Waals surface area contributed by atoms with Gasteiger partial charge in [0.1, 0.15) is 0 Å². The van der Waals surface area contributed by atoms with E-state index < -0.39 is 10.8 Å². The van der Waals surface area contributed by atoms with Gasteiger partial charge in [-0.3, -0.25) is 9.20 Å². The largest absolute Gasteiger partial charge is 0.357 e. The van der Waals surface area contributed by atoms with Gasteiger partial charge in [0, 0.05) is 40.9 Å². The molecule has 26 heavy (non-hydrogen) atoms. The van der Waals surface area contributed by atoms with Gasteiger partial charge in [-0.15, -0.1) is 24.0 Å². The molecule has 4 nitrogen and oxygen atoms in total. The van der Waals surface area contributed by atoms with Crippen LogP contribution >= 0.6 is 24.0 Å². The molecule has 0 amide bonds. The quantitative estimate of drug-likeness (QED) is 0.347. The van der Waals surface area contributed by atoms with E-state index in [9.17, 15) is 4.21 Å². The van der Waals surface area contributed by atoms with Crippen molar-refractivity contribution >= 4 is 40.7 Å². The summed E-state index contributed by atoms with van der Waals surface area (Å²) in [5.41, 5.74) is 2.62. The van der Waals surface area contributed by atoms with Gasteiger partial charge in [0.2, 0.25) is 0 Å². The van der Waals surface area contributed by atoms with Crippen molar-refractivity contribution in [2.75, 3.05) is 18.8 Å². The predicted molar refractivity (Wildman–Crippen MR) is 124 cm³/mol. The van der Waals surface area contributed by atoms with E-state index in [1.54, 1.807) is 0 Å². The van der Waals surface area contributed by atoms with Crippen LogP contribution in [0.25, 0.3) is 0 Å². The van der Waals surface area contributed by atoms with E-state index in [4.69, 9.17) is 4.99 Å². The van der Waals surface area contributed by atoms with Crippen LogP contribution in [0.5, 0.6) is 0 Å². The van der Waals surface area contributed by atoms with Gasteiger partial charge >= 0.3 is 0 Å². The number of hydrogen-bond donors (Lipinski definition) is 2. The van der Waals surface area contributed by atoms with Crippen molar-refractivity contribution in [1.82, 2.24) is 10.6 Å². The zero-order valence-electron chi connectivity index (χ0n) is 16.3. The smallest absolute Gasteiger partial charge is 0.191 e. The Morgan fingerprint density at radius 1 is 1.31 bits per heavy atom. The van der Waals surface area contributed by atoms with E-state index in [2.05, 4.69) is 48.7 Å². The number of rotatable bonds is 7. The monoisotopic (exact) mass is 491 g/mol. The lowest BCUT2D eigenvalue weighted by Gasteiger charge is -2.30. The Morgan fingerprint density at radius 3 is 2.81 bits per heavy atom. The van der Waals surface area contributed by atoms with Gasteiger partial charge in [0.05, 0.1) is 0 Å². The first kappa shape index (κ1) is 23.4. The SMILES string of the molecule is CCNC(=NCCc1cccc(C)c1)NC1CCCC(S(=O)CC)C1.I. The molecule has 0 radical (unpaired) electrons. The molecular formula is C20H34IN3OS. The van der Waals surface area contributed by atoms with Crippen molar-refractivity contribution in [2.45, 2.75) is 64.2 Å². The Bertz CT molecular complexity index is 594. The standard InChI is InChI=1S/C20H33N3OS.HI/c1-4-21-20(22-13-12-17-9-6-8-16(3)14-17)23-18-10-7-11-19(15-18)25(24)5-2;/h6,8-9,14,18-19H,4-5,7,10-13,15H2,1-3H3,(H2,21,22,23);1H. The Labute approximate surface area is 178 Å². The van der Waals surface area contributed by atoms with Crippen LogP contribution in [-0.4, -0.2) is 40.3 Å². The minimum Gasteiger partial charge on any atom is -0.357 e. The Kier molecular flexibility index (Phi) is 11.4. The Hall–Kier alpha value is -0.630. The molecule has 6 heteroatoms. The molecule has 3 unspecified atom stereocenters. The van der Waals surface area contributed by atoms with Crippen LogP contribution in [0.3, 0.4) is 0 Å². The first-order chi connectivity index (χ1) is 12.1. The zero-order valence-corrected chi connectivity index (χ0v) is 19.4. The summed E-state index contributed by atoms with van der Waals surface area (Å²) in [5, 5.41) is 7.26. The predicted octanol–water partition coefficient (Wildman–Crippen LogP) is 3.79. The molecule has 2 N–H and O–H groups in total. The molecule has 2 rings (SSSR count). The van der Waals surface area contributed by atoms with Gasteiger partial charge in [-0.25, -0.2) is 0 Å². The van der Waals surface area contributed by atoms with Crippen molar-refractivity contribution in [3.8, 4) is 0 Å². The van der Waals surface area contributed by atoms with Gasteiger partial charge in [0.15, 0.2) is 5.96 Å². The number of guanidine groups is 1. The van der Waals surface area contributed by atoms with Crippen LogP contribution in [0.1, 0.15) is 50.7 Å². The van der Waals surface area contributed by atoms with E-state index in [0.29, 0.717) is 11.3 Å². The van der Waals surface area contributed by atoms with E-state index >= 15 is 0 Å². The molecule has 0 saturated heterocycles.